The summed E-state index contributed by atoms with van der Waals surface area (Å²) in [7, 11) is 0. The van der Waals surface area contributed by atoms with Gasteiger partial charge < -0.3 is 15.7 Å². The van der Waals surface area contributed by atoms with Gasteiger partial charge in [0.05, 0.1) is 6.04 Å². The first-order valence-corrected chi connectivity index (χ1v) is 6.17. The Balaban J connectivity index is 2.37. The van der Waals surface area contributed by atoms with Gasteiger partial charge in [-0.05, 0) is 31.1 Å². The zero-order valence-electron chi connectivity index (χ0n) is 10.4. The fourth-order valence-electron chi connectivity index (χ4n) is 1.92. The van der Waals surface area contributed by atoms with E-state index in [9.17, 15) is 4.79 Å². The Morgan fingerprint density at radius 2 is 2.25 bits per heavy atom. The lowest BCUT2D eigenvalue weighted by molar-refractivity contribution is -0.122. The third-order valence-corrected chi connectivity index (χ3v) is 3.15. The Morgan fingerprint density at radius 1 is 1.50 bits per heavy atom. The smallest absolute Gasteiger partial charge is 0.237 e. The van der Waals surface area contributed by atoms with E-state index in [1.807, 2.05) is 0 Å². The number of amides is 1. The van der Waals surface area contributed by atoms with Crippen molar-refractivity contribution in [2.24, 2.45) is 5.41 Å². The predicted octanol–water partition coefficient (Wildman–Crippen LogP) is 0.653. The normalized spacial score (nSPS) is 22.7. The first kappa shape index (κ1) is 13.5. The number of aliphatic hydroxyl groups is 1. The van der Waals surface area contributed by atoms with Gasteiger partial charge in [0.2, 0.25) is 5.91 Å². The number of nitrogens with one attached hydrogen (secondary N) is 2. The second-order valence-corrected chi connectivity index (χ2v) is 5.36. The fraction of sp³-hybridized carbons (Fsp3) is 0.917. The van der Waals surface area contributed by atoms with Crippen molar-refractivity contribution in [3.63, 3.8) is 0 Å². The lowest BCUT2D eigenvalue weighted by Crippen LogP contribution is -2.46. The summed E-state index contributed by atoms with van der Waals surface area (Å²) in [5, 5.41) is 15.2. The molecule has 4 heteroatoms. The minimum atomic E-state index is -0.0551. The highest BCUT2D eigenvalue weighted by Gasteiger charge is 2.23. The summed E-state index contributed by atoms with van der Waals surface area (Å²) in [5.74, 6) is 0.122. The molecule has 1 aliphatic heterocycles. The molecule has 3 N–H and O–H groups in total. The van der Waals surface area contributed by atoms with E-state index in [-0.39, 0.29) is 24.0 Å². The number of carbonyl (C=O) groups is 1. The molecule has 1 unspecified atom stereocenters. The molecular weight excluding hydrogens is 204 g/mol. The predicted molar refractivity (Wildman–Crippen MR) is 64.1 cm³/mol. The first-order valence-electron chi connectivity index (χ1n) is 6.17. The van der Waals surface area contributed by atoms with Crippen molar-refractivity contribution < 1.29 is 9.90 Å². The topological polar surface area (TPSA) is 61.4 Å². The molecule has 1 aliphatic rings. The van der Waals surface area contributed by atoms with Crippen LogP contribution in [0.25, 0.3) is 0 Å². The third-order valence-electron chi connectivity index (χ3n) is 3.15. The van der Waals surface area contributed by atoms with Gasteiger partial charge in [0.25, 0.3) is 0 Å². The second-order valence-electron chi connectivity index (χ2n) is 5.36. The molecule has 0 aliphatic carbocycles. The van der Waals surface area contributed by atoms with Gasteiger partial charge in [-0.3, -0.25) is 4.79 Å². The van der Waals surface area contributed by atoms with Gasteiger partial charge in [-0.25, -0.2) is 0 Å². The summed E-state index contributed by atoms with van der Waals surface area (Å²) in [5.41, 5.74) is 0.0430. The van der Waals surface area contributed by atoms with Crippen LogP contribution >= 0.6 is 0 Å². The Kier molecular flexibility index (Phi) is 5.22. The maximum absolute atomic E-state index is 11.7. The standard InChI is InChI=1S/C12H24N2O2/c1-12(2,6-8-15)9-14-10-5-3-4-7-13-11(10)16/h10,14-15H,3-9H2,1-2H3,(H,13,16). The van der Waals surface area contributed by atoms with E-state index < -0.39 is 0 Å². The maximum Gasteiger partial charge on any atom is 0.237 e. The van der Waals surface area contributed by atoms with Crippen LogP contribution in [-0.2, 0) is 4.79 Å². The summed E-state index contributed by atoms with van der Waals surface area (Å²) in [6.07, 6.45) is 3.84. The van der Waals surface area contributed by atoms with E-state index in [2.05, 4.69) is 24.5 Å². The van der Waals surface area contributed by atoms with Gasteiger partial charge in [0.15, 0.2) is 0 Å². The fourth-order valence-corrected chi connectivity index (χ4v) is 1.92. The Bertz CT molecular complexity index is 229. The molecule has 0 spiro atoms. The number of carbonyl (C=O) groups excluding carboxylic acids is 1. The van der Waals surface area contributed by atoms with Crippen LogP contribution in [0.5, 0.6) is 0 Å². The van der Waals surface area contributed by atoms with E-state index in [4.69, 9.17) is 5.11 Å². The minimum absolute atomic E-state index is 0.0430. The van der Waals surface area contributed by atoms with E-state index in [0.717, 1.165) is 38.8 Å². The molecule has 0 saturated carbocycles. The average Bonchev–Trinajstić information content (AvgIpc) is 2.40. The van der Waals surface area contributed by atoms with Crippen molar-refractivity contribution in [2.45, 2.75) is 45.6 Å². The van der Waals surface area contributed by atoms with Gasteiger partial charge in [-0.2, -0.15) is 0 Å². The molecule has 1 saturated heterocycles. The highest BCUT2D eigenvalue weighted by atomic mass is 16.3. The van der Waals surface area contributed by atoms with Gasteiger partial charge >= 0.3 is 0 Å². The van der Waals surface area contributed by atoms with E-state index >= 15 is 0 Å². The van der Waals surface area contributed by atoms with Crippen LogP contribution in [0.3, 0.4) is 0 Å². The molecule has 0 radical (unpaired) electrons. The van der Waals surface area contributed by atoms with Crippen molar-refractivity contribution in [1.82, 2.24) is 10.6 Å². The summed E-state index contributed by atoms with van der Waals surface area (Å²) in [6, 6.07) is -0.0551. The molecule has 4 nitrogen and oxygen atoms in total. The van der Waals surface area contributed by atoms with Crippen molar-refractivity contribution in [3.05, 3.63) is 0 Å². The molecule has 94 valence electrons. The summed E-state index contributed by atoms with van der Waals surface area (Å²) < 4.78 is 0. The van der Waals surface area contributed by atoms with E-state index in [1.165, 1.54) is 0 Å². The van der Waals surface area contributed by atoms with Crippen LogP contribution in [0.1, 0.15) is 39.5 Å². The second kappa shape index (κ2) is 6.21. The van der Waals surface area contributed by atoms with Crippen LogP contribution in [0.15, 0.2) is 0 Å². The van der Waals surface area contributed by atoms with Crippen molar-refractivity contribution in [3.8, 4) is 0 Å². The quantitative estimate of drug-likeness (QED) is 0.647. The largest absolute Gasteiger partial charge is 0.396 e. The molecule has 0 bridgehead atoms. The maximum atomic E-state index is 11.7. The molecule has 1 rings (SSSR count). The molecule has 0 aromatic carbocycles. The number of hydrogen-bond donors (Lipinski definition) is 3. The average molecular weight is 228 g/mol. The number of rotatable bonds is 5. The van der Waals surface area contributed by atoms with Gasteiger partial charge in [-0.15, -0.1) is 0 Å². The lowest BCUT2D eigenvalue weighted by Gasteiger charge is -2.26. The Morgan fingerprint density at radius 3 is 2.94 bits per heavy atom. The summed E-state index contributed by atoms with van der Waals surface area (Å²) >= 11 is 0. The van der Waals surface area contributed by atoms with Crippen molar-refractivity contribution in [1.29, 1.82) is 0 Å². The minimum Gasteiger partial charge on any atom is -0.396 e. The van der Waals surface area contributed by atoms with Crippen LogP contribution in [0.2, 0.25) is 0 Å². The highest BCUT2D eigenvalue weighted by Crippen LogP contribution is 2.19. The number of hydrogen-bond acceptors (Lipinski definition) is 3. The monoisotopic (exact) mass is 228 g/mol. The van der Waals surface area contributed by atoms with Gasteiger partial charge in [0.1, 0.15) is 0 Å². The molecule has 1 heterocycles. The molecule has 1 atom stereocenters. The summed E-state index contributed by atoms with van der Waals surface area (Å²) in [6.45, 7) is 5.98. The van der Waals surface area contributed by atoms with E-state index in [0.29, 0.717) is 0 Å². The third kappa shape index (κ3) is 4.49. The zero-order valence-corrected chi connectivity index (χ0v) is 10.4. The molecule has 0 aromatic rings. The molecule has 0 aromatic heterocycles. The van der Waals surface area contributed by atoms with Gasteiger partial charge in [-0.1, -0.05) is 13.8 Å². The first-order chi connectivity index (χ1) is 7.55. The lowest BCUT2D eigenvalue weighted by atomic mass is 9.89. The zero-order chi connectivity index (χ0) is 12.0. The van der Waals surface area contributed by atoms with Crippen LogP contribution < -0.4 is 10.6 Å². The van der Waals surface area contributed by atoms with Gasteiger partial charge in [0, 0.05) is 19.7 Å². The Hall–Kier alpha value is -0.610. The number of aliphatic hydroxyl groups excluding tert-OH is 1. The highest BCUT2D eigenvalue weighted by molar-refractivity contribution is 5.81. The van der Waals surface area contributed by atoms with Crippen LogP contribution in [-0.4, -0.2) is 36.8 Å². The molecule has 16 heavy (non-hydrogen) atoms. The van der Waals surface area contributed by atoms with Crippen molar-refractivity contribution >= 4 is 5.91 Å². The molecule has 1 amide bonds. The van der Waals surface area contributed by atoms with Crippen LogP contribution in [0, 0.1) is 5.41 Å². The van der Waals surface area contributed by atoms with Crippen molar-refractivity contribution in [2.75, 3.05) is 19.7 Å². The van der Waals surface area contributed by atoms with E-state index in [1.54, 1.807) is 0 Å². The molecule has 1 fully saturated rings. The summed E-state index contributed by atoms with van der Waals surface area (Å²) in [4.78, 5) is 11.7. The Labute approximate surface area is 97.8 Å². The molecular formula is C12H24N2O2. The van der Waals surface area contributed by atoms with Crippen LogP contribution in [0.4, 0.5) is 0 Å². The SMILES string of the molecule is CC(C)(CCO)CNC1CCCCNC1=O.